The molecule has 0 spiro atoms. The van der Waals surface area contributed by atoms with Crippen LogP contribution in [0.5, 0.6) is 0 Å². The number of rotatable bonds is 2. The second-order valence-electron chi connectivity index (χ2n) is 3.50. The first-order valence-corrected chi connectivity index (χ1v) is 6.28. The largest absolute Gasteiger partial charge is 0.397 e. The molecule has 1 aromatic heterocycles. The lowest BCUT2D eigenvalue weighted by atomic mass is 10.1. The Morgan fingerprint density at radius 2 is 2.17 bits per heavy atom. The molecule has 2 aromatic rings. The zero-order valence-corrected chi connectivity index (χ0v) is 10.7. The molecule has 0 bridgehead atoms. The monoisotopic (exact) mass is 278 g/mol. The van der Waals surface area contributed by atoms with E-state index in [-0.39, 0.29) is 10.7 Å². The third kappa shape index (κ3) is 2.37. The highest BCUT2D eigenvalue weighted by atomic mass is 35.5. The van der Waals surface area contributed by atoms with Crippen LogP contribution < -0.4 is 5.73 Å². The zero-order chi connectivity index (χ0) is 13.1. The predicted octanol–water partition coefficient (Wildman–Crippen LogP) is 3.89. The molecule has 2 rings (SSSR count). The summed E-state index contributed by atoms with van der Waals surface area (Å²) in [7, 11) is 0. The second kappa shape index (κ2) is 5.21. The van der Waals surface area contributed by atoms with E-state index >= 15 is 0 Å². The topological polar surface area (TPSA) is 49.8 Å². The Balaban J connectivity index is 2.58. The first-order chi connectivity index (χ1) is 8.63. The van der Waals surface area contributed by atoms with Gasteiger partial charge >= 0.3 is 0 Å². The van der Waals surface area contributed by atoms with Gasteiger partial charge in [-0.25, -0.2) is 4.39 Å². The number of hydrogen-bond acceptors (Lipinski definition) is 3. The predicted molar refractivity (Wildman–Crippen MR) is 72.3 cm³/mol. The van der Waals surface area contributed by atoms with Gasteiger partial charge in [-0.1, -0.05) is 17.7 Å². The van der Waals surface area contributed by atoms with Crippen molar-refractivity contribution in [2.24, 2.45) is 5.73 Å². The van der Waals surface area contributed by atoms with Crippen molar-refractivity contribution >= 4 is 34.2 Å². The molecule has 1 aromatic carbocycles. The summed E-state index contributed by atoms with van der Waals surface area (Å²) < 4.78 is 13.0. The van der Waals surface area contributed by atoms with Crippen LogP contribution in [0.2, 0.25) is 5.02 Å². The minimum absolute atomic E-state index is 0.191. The average molecular weight is 279 g/mol. The lowest BCUT2D eigenvalue weighted by Crippen LogP contribution is -2.01. The lowest BCUT2D eigenvalue weighted by molar-refractivity contribution is 0.628. The molecule has 1 heterocycles. The number of allylic oxidation sites excluding steroid dienone is 1. The Hall–Kier alpha value is -1.83. The van der Waals surface area contributed by atoms with E-state index in [1.54, 1.807) is 6.07 Å². The van der Waals surface area contributed by atoms with Gasteiger partial charge in [-0.3, -0.25) is 0 Å². The molecular formula is C13H8ClFN2S. The Morgan fingerprint density at radius 1 is 1.39 bits per heavy atom. The second-order valence-corrected chi connectivity index (χ2v) is 4.86. The highest BCUT2D eigenvalue weighted by molar-refractivity contribution is 7.11. The highest BCUT2D eigenvalue weighted by Gasteiger charge is 2.12. The summed E-state index contributed by atoms with van der Waals surface area (Å²) in [5, 5.41) is 11.2. The van der Waals surface area contributed by atoms with Gasteiger partial charge in [0.05, 0.1) is 16.3 Å². The molecule has 0 saturated carbocycles. The number of nitrogens with zero attached hydrogens (tertiary/aromatic N) is 1. The van der Waals surface area contributed by atoms with E-state index in [9.17, 15) is 9.65 Å². The van der Waals surface area contributed by atoms with E-state index in [4.69, 9.17) is 17.3 Å². The van der Waals surface area contributed by atoms with E-state index < -0.39 is 5.82 Å². The Labute approximate surface area is 113 Å². The molecule has 0 radical (unpaired) electrons. The fourth-order valence-corrected chi connectivity index (χ4v) is 2.51. The van der Waals surface area contributed by atoms with Gasteiger partial charge in [-0.2, -0.15) is 5.26 Å². The lowest BCUT2D eigenvalue weighted by Gasteiger charge is -2.06. The van der Waals surface area contributed by atoms with Crippen molar-refractivity contribution in [2.45, 2.75) is 0 Å². The highest BCUT2D eigenvalue weighted by Crippen LogP contribution is 2.29. The molecule has 0 aliphatic heterocycles. The standard InChI is InChI=1S/C13H8ClFN2S/c14-11-6-8(15)3-4-9(11)13(17)10(7-16)12-2-1-5-18-12/h1-6H,17H2/b13-10-. The summed E-state index contributed by atoms with van der Waals surface area (Å²) in [6, 6.07) is 9.59. The van der Waals surface area contributed by atoms with Crippen molar-refractivity contribution in [1.29, 1.82) is 5.26 Å². The van der Waals surface area contributed by atoms with E-state index in [1.807, 2.05) is 11.4 Å². The van der Waals surface area contributed by atoms with Gasteiger partial charge in [0.15, 0.2) is 0 Å². The van der Waals surface area contributed by atoms with Crippen molar-refractivity contribution in [2.75, 3.05) is 0 Å². The minimum atomic E-state index is -0.439. The molecule has 0 saturated heterocycles. The molecule has 0 aliphatic carbocycles. The maximum Gasteiger partial charge on any atom is 0.124 e. The van der Waals surface area contributed by atoms with Crippen LogP contribution in [0, 0.1) is 17.1 Å². The van der Waals surface area contributed by atoms with E-state index in [1.165, 1.54) is 29.5 Å². The summed E-state index contributed by atoms with van der Waals surface area (Å²) in [4.78, 5) is 0.760. The molecule has 0 unspecified atom stereocenters. The van der Waals surface area contributed by atoms with E-state index in [0.717, 1.165) is 4.88 Å². The molecule has 0 aliphatic rings. The first-order valence-electron chi connectivity index (χ1n) is 5.02. The average Bonchev–Trinajstić information content (AvgIpc) is 2.83. The number of halogens is 2. The van der Waals surface area contributed by atoms with Crippen molar-refractivity contribution in [3.63, 3.8) is 0 Å². The summed E-state index contributed by atoms with van der Waals surface area (Å²) in [5.74, 6) is -0.439. The summed E-state index contributed by atoms with van der Waals surface area (Å²) in [5.41, 5.74) is 7.01. The van der Waals surface area contributed by atoms with Crippen LogP contribution in [-0.4, -0.2) is 0 Å². The van der Waals surface area contributed by atoms with Crippen molar-refractivity contribution in [1.82, 2.24) is 0 Å². The van der Waals surface area contributed by atoms with Crippen LogP contribution in [0.4, 0.5) is 4.39 Å². The van der Waals surface area contributed by atoms with Gasteiger partial charge in [0, 0.05) is 10.4 Å². The van der Waals surface area contributed by atoms with Crippen LogP contribution in [0.25, 0.3) is 11.3 Å². The van der Waals surface area contributed by atoms with Crippen LogP contribution >= 0.6 is 22.9 Å². The van der Waals surface area contributed by atoms with Crippen molar-refractivity contribution < 1.29 is 4.39 Å². The molecular weight excluding hydrogens is 271 g/mol. The molecule has 0 fully saturated rings. The van der Waals surface area contributed by atoms with Gasteiger partial charge in [-0.05, 0) is 29.6 Å². The maximum atomic E-state index is 13.0. The van der Waals surface area contributed by atoms with Gasteiger partial charge in [0.1, 0.15) is 11.9 Å². The number of benzene rings is 1. The summed E-state index contributed by atoms with van der Waals surface area (Å²) in [6.45, 7) is 0. The van der Waals surface area contributed by atoms with Crippen LogP contribution in [0.15, 0.2) is 35.7 Å². The molecule has 0 atom stereocenters. The van der Waals surface area contributed by atoms with E-state index in [2.05, 4.69) is 6.07 Å². The normalized spacial score (nSPS) is 11.8. The third-order valence-corrected chi connectivity index (χ3v) is 3.57. The fourth-order valence-electron chi connectivity index (χ4n) is 1.51. The number of thiophene rings is 1. The van der Waals surface area contributed by atoms with Crippen molar-refractivity contribution in [3.05, 3.63) is 57.0 Å². The molecule has 0 amide bonds. The maximum absolute atomic E-state index is 13.0. The van der Waals surface area contributed by atoms with Gasteiger partial charge in [0.2, 0.25) is 0 Å². The Kier molecular flexibility index (Phi) is 3.66. The minimum Gasteiger partial charge on any atom is -0.397 e. The zero-order valence-electron chi connectivity index (χ0n) is 9.15. The summed E-state index contributed by atoms with van der Waals surface area (Å²) >= 11 is 7.34. The van der Waals surface area contributed by atoms with Gasteiger partial charge in [0.25, 0.3) is 0 Å². The molecule has 18 heavy (non-hydrogen) atoms. The summed E-state index contributed by atoms with van der Waals surface area (Å²) in [6.07, 6.45) is 0. The Morgan fingerprint density at radius 3 is 2.72 bits per heavy atom. The van der Waals surface area contributed by atoms with Crippen LogP contribution in [0.1, 0.15) is 10.4 Å². The van der Waals surface area contributed by atoms with Crippen LogP contribution in [0.3, 0.4) is 0 Å². The number of hydrogen-bond donors (Lipinski definition) is 1. The molecule has 5 heteroatoms. The molecule has 2 nitrogen and oxygen atoms in total. The first kappa shape index (κ1) is 12.6. The fraction of sp³-hybridized carbons (Fsp3) is 0. The molecule has 2 N–H and O–H groups in total. The van der Waals surface area contributed by atoms with Gasteiger partial charge < -0.3 is 5.73 Å². The quantitative estimate of drug-likeness (QED) is 0.847. The smallest absolute Gasteiger partial charge is 0.124 e. The number of nitriles is 1. The molecule has 90 valence electrons. The Bertz CT molecular complexity index is 642. The number of nitrogens with two attached hydrogens (primary N) is 1. The van der Waals surface area contributed by atoms with Crippen LogP contribution in [-0.2, 0) is 0 Å². The van der Waals surface area contributed by atoms with Crippen molar-refractivity contribution in [3.8, 4) is 6.07 Å². The van der Waals surface area contributed by atoms with E-state index in [0.29, 0.717) is 11.1 Å². The van der Waals surface area contributed by atoms with Gasteiger partial charge in [-0.15, -0.1) is 11.3 Å². The SMILES string of the molecule is N#C/C(=C(/N)c1ccc(F)cc1Cl)c1cccs1. The third-order valence-electron chi connectivity index (χ3n) is 2.37.